The maximum Gasteiger partial charge on any atom is 0.244 e. The van der Waals surface area contributed by atoms with Crippen molar-refractivity contribution in [1.29, 1.82) is 0 Å². The van der Waals surface area contributed by atoms with Crippen LogP contribution in [0.1, 0.15) is 62.1 Å². The van der Waals surface area contributed by atoms with Gasteiger partial charge in [0.15, 0.2) is 0 Å². The van der Waals surface area contributed by atoms with Gasteiger partial charge in [-0.3, -0.25) is 13.9 Å². The quantitative estimate of drug-likeness (QED) is 0.512. The van der Waals surface area contributed by atoms with Crippen LogP contribution in [0.25, 0.3) is 0 Å². The molecule has 0 aromatic heterocycles. The Balaban J connectivity index is 1.91. The first-order valence-electron chi connectivity index (χ1n) is 12.8. The number of sulfonamides is 1. The van der Waals surface area contributed by atoms with Crippen LogP contribution in [0, 0.1) is 13.8 Å². The van der Waals surface area contributed by atoms with E-state index in [0.717, 1.165) is 52.9 Å². The van der Waals surface area contributed by atoms with Gasteiger partial charge in [0.1, 0.15) is 12.6 Å². The zero-order valence-electron chi connectivity index (χ0n) is 21.9. The summed E-state index contributed by atoms with van der Waals surface area (Å²) >= 11 is 0. The minimum Gasteiger partial charge on any atom is -0.352 e. The zero-order chi connectivity index (χ0) is 26.3. The van der Waals surface area contributed by atoms with E-state index in [4.69, 9.17) is 0 Å². The Morgan fingerprint density at radius 2 is 1.69 bits per heavy atom. The lowest BCUT2D eigenvalue weighted by atomic mass is 9.95. The summed E-state index contributed by atoms with van der Waals surface area (Å²) in [7, 11) is -3.74. The molecule has 0 unspecified atom stereocenters. The standard InChI is InChI=1S/C28H39N3O4S/c1-5-25(28(33)29-24-14-10-7-11-15-24)30(19-23-12-8-6-9-13-23)27(32)20-31(36(4,34)35)26-17-16-21(2)18-22(26)3/h6,8-9,12-13,16-18,24-25H,5,7,10-11,14-15,19-20H2,1-4H3,(H,29,33)/t25-/m0/s1. The predicted octanol–water partition coefficient (Wildman–Crippen LogP) is 4.33. The molecule has 2 amide bonds. The molecule has 1 atom stereocenters. The molecule has 2 aromatic rings. The van der Waals surface area contributed by atoms with Crippen LogP contribution in [0.2, 0.25) is 0 Å². The second kappa shape index (κ2) is 12.4. The smallest absolute Gasteiger partial charge is 0.244 e. The van der Waals surface area contributed by atoms with Crippen molar-refractivity contribution in [2.75, 3.05) is 17.1 Å². The first-order valence-corrected chi connectivity index (χ1v) is 14.6. The minimum atomic E-state index is -3.74. The lowest BCUT2D eigenvalue weighted by molar-refractivity contribution is -0.140. The average molecular weight is 514 g/mol. The van der Waals surface area contributed by atoms with Gasteiger partial charge in [0, 0.05) is 12.6 Å². The van der Waals surface area contributed by atoms with Crippen molar-refractivity contribution in [3.8, 4) is 0 Å². The molecule has 2 aromatic carbocycles. The summed E-state index contributed by atoms with van der Waals surface area (Å²) in [6.45, 7) is 5.50. The summed E-state index contributed by atoms with van der Waals surface area (Å²) in [4.78, 5) is 28.7. The third kappa shape index (κ3) is 7.32. The maximum absolute atomic E-state index is 13.8. The number of hydrogen-bond acceptors (Lipinski definition) is 4. The summed E-state index contributed by atoms with van der Waals surface area (Å²) < 4.78 is 26.7. The number of carbonyl (C=O) groups is 2. The number of aryl methyl sites for hydroxylation is 2. The molecule has 0 saturated heterocycles. The highest BCUT2D eigenvalue weighted by atomic mass is 32.2. The van der Waals surface area contributed by atoms with E-state index in [-0.39, 0.29) is 25.0 Å². The highest BCUT2D eigenvalue weighted by Gasteiger charge is 2.33. The third-order valence-corrected chi connectivity index (χ3v) is 7.96. The van der Waals surface area contributed by atoms with Crippen LogP contribution in [0.4, 0.5) is 5.69 Å². The summed E-state index contributed by atoms with van der Waals surface area (Å²) in [6.07, 6.45) is 6.80. The molecule has 0 heterocycles. The van der Waals surface area contributed by atoms with Gasteiger partial charge >= 0.3 is 0 Å². The Hall–Kier alpha value is -2.87. The van der Waals surface area contributed by atoms with Crippen LogP contribution >= 0.6 is 0 Å². The molecule has 36 heavy (non-hydrogen) atoms. The Bertz CT molecular complexity index is 1140. The predicted molar refractivity (Wildman–Crippen MR) is 144 cm³/mol. The first-order chi connectivity index (χ1) is 17.1. The van der Waals surface area contributed by atoms with E-state index in [1.807, 2.05) is 63.2 Å². The largest absolute Gasteiger partial charge is 0.352 e. The van der Waals surface area contributed by atoms with Gasteiger partial charge in [0.25, 0.3) is 0 Å². The maximum atomic E-state index is 13.8. The van der Waals surface area contributed by atoms with E-state index in [0.29, 0.717) is 12.1 Å². The minimum absolute atomic E-state index is 0.122. The van der Waals surface area contributed by atoms with E-state index in [9.17, 15) is 18.0 Å². The molecule has 0 aliphatic heterocycles. The lowest BCUT2D eigenvalue weighted by Crippen LogP contribution is -2.54. The summed E-state index contributed by atoms with van der Waals surface area (Å²) in [5.41, 5.74) is 3.13. The number of carbonyl (C=O) groups excluding carboxylic acids is 2. The number of anilines is 1. The van der Waals surface area contributed by atoms with Gasteiger partial charge in [-0.05, 0) is 50.3 Å². The summed E-state index contributed by atoms with van der Waals surface area (Å²) in [6, 6.07) is 14.4. The molecule has 8 heteroatoms. The summed E-state index contributed by atoms with van der Waals surface area (Å²) in [5, 5.41) is 3.16. The SMILES string of the molecule is CC[C@@H](C(=O)NC1CCCCC1)N(Cc1ccccc1)C(=O)CN(c1ccc(C)cc1C)S(C)(=O)=O. The van der Waals surface area contributed by atoms with Crippen LogP contribution in [-0.4, -0.2) is 50.0 Å². The van der Waals surface area contributed by atoms with E-state index in [1.54, 1.807) is 6.07 Å². The summed E-state index contributed by atoms with van der Waals surface area (Å²) in [5.74, 6) is -0.582. The third-order valence-electron chi connectivity index (χ3n) is 6.83. The highest BCUT2D eigenvalue weighted by Crippen LogP contribution is 2.25. The Morgan fingerprint density at radius 3 is 2.28 bits per heavy atom. The second-order valence-corrected chi connectivity index (χ2v) is 11.7. The molecular formula is C28H39N3O4S. The van der Waals surface area contributed by atoms with E-state index < -0.39 is 22.0 Å². The van der Waals surface area contributed by atoms with Crippen LogP contribution < -0.4 is 9.62 Å². The van der Waals surface area contributed by atoms with Gasteiger partial charge in [0.05, 0.1) is 11.9 Å². The molecule has 7 nitrogen and oxygen atoms in total. The fraction of sp³-hybridized carbons (Fsp3) is 0.500. The van der Waals surface area contributed by atoms with Crippen LogP contribution in [0.15, 0.2) is 48.5 Å². The molecule has 1 N–H and O–H groups in total. The second-order valence-electron chi connectivity index (χ2n) is 9.83. The average Bonchev–Trinajstić information content (AvgIpc) is 2.83. The molecule has 0 bridgehead atoms. The van der Waals surface area contributed by atoms with Gasteiger partial charge < -0.3 is 10.2 Å². The lowest BCUT2D eigenvalue weighted by Gasteiger charge is -2.34. The normalized spacial score (nSPS) is 15.2. The number of nitrogens with one attached hydrogen (secondary N) is 1. The van der Waals surface area contributed by atoms with Crippen molar-refractivity contribution in [2.45, 2.75) is 77.9 Å². The molecule has 1 aliphatic rings. The fourth-order valence-electron chi connectivity index (χ4n) is 4.92. The molecule has 1 saturated carbocycles. The van der Waals surface area contributed by atoms with Gasteiger partial charge in [0.2, 0.25) is 21.8 Å². The van der Waals surface area contributed by atoms with Crippen molar-refractivity contribution in [3.05, 3.63) is 65.2 Å². The van der Waals surface area contributed by atoms with Gasteiger partial charge in [-0.25, -0.2) is 8.42 Å². The van der Waals surface area contributed by atoms with Crippen LogP contribution in [0.5, 0.6) is 0 Å². The van der Waals surface area contributed by atoms with E-state index in [1.165, 1.54) is 11.3 Å². The van der Waals surface area contributed by atoms with Crippen LogP contribution in [-0.2, 0) is 26.2 Å². The molecule has 1 aliphatic carbocycles. The molecule has 3 rings (SSSR count). The van der Waals surface area contributed by atoms with Gasteiger partial charge in [-0.1, -0.05) is 74.2 Å². The molecule has 0 radical (unpaired) electrons. The Labute approximate surface area is 215 Å². The zero-order valence-corrected chi connectivity index (χ0v) is 22.7. The van der Waals surface area contributed by atoms with Crippen molar-refractivity contribution < 1.29 is 18.0 Å². The molecule has 196 valence electrons. The topological polar surface area (TPSA) is 86.8 Å². The van der Waals surface area contributed by atoms with Crippen LogP contribution in [0.3, 0.4) is 0 Å². The molecule has 1 fully saturated rings. The Morgan fingerprint density at radius 1 is 1.03 bits per heavy atom. The fourth-order valence-corrected chi connectivity index (χ4v) is 5.83. The van der Waals surface area contributed by atoms with Gasteiger partial charge in [-0.15, -0.1) is 0 Å². The number of hydrogen-bond donors (Lipinski definition) is 1. The Kier molecular flexibility index (Phi) is 9.54. The number of amides is 2. The molecular weight excluding hydrogens is 474 g/mol. The van der Waals surface area contributed by atoms with Crippen molar-refractivity contribution in [1.82, 2.24) is 10.2 Å². The van der Waals surface area contributed by atoms with Crippen molar-refractivity contribution in [2.24, 2.45) is 0 Å². The van der Waals surface area contributed by atoms with Gasteiger partial charge in [-0.2, -0.15) is 0 Å². The van der Waals surface area contributed by atoms with E-state index in [2.05, 4.69) is 5.32 Å². The van der Waals surface area contributed by atoms with Crippen molar-refractivity contribution >= 4 is 27.5 Å². The highest BCUT2D eigenvalue weighted by molar-refractivity contribution is 7.92. The number of benzene rings is 2. The molecule has 0 spiro atoms. The van der Waals surface area contributed by atoms with E-state index >= 15 is 0 Å². The number of nitrogens with zero attached hydrogens (tertiary/aromatic N) is 2. The van der Waals surface area contributed by atoms with Crippen molar-refractivity contribution in [3.63, 3.8) is 0 Å². The first kappa shape index (κ1) is 27.7. The monoisotopic (exact) mass is 513 g/mol. The number of rotatable bonds is 10.